The smallest absolute Gasteiger partial charge is 0.0305 e. The van der Waals surface area contributed by atoms with E-state index in [2.05, 4.69) is 27.7 Å². The van der Waals surface area contributed by atoms with Gasteiger partial charge in [0, 0.05) is 0 Å². The molecule has 0 N–H and O–H groups in total. The molecule has 0 aliphatic heterocycles. The quantitative estimate of drug-likeness (QED) is 0.482. The van der Waals surface area contributed by atoms with E-state index in [-0.39, 0.29) is 0 Å². The fourth-order valence-corrected chi connectivity index (χ4v) is 2.03. The van der Waals surface area contributed by atoms with E-state index in [0.29, 0.717) is 5.41 Å². The van der Waals surface area contributed by atoms with Gasteiger partial charge in [0.25, 0.3) is 0 Å². The molecule has 0 heteroatoms. The van der Waals surface area contributed by atoms with Gasteiger partial charge in [0.15, 0.2) is 0 Å². The summed E-state index contributed by atoms with van der Waals surface area (Å²) in [7, 11) is 0. The van der Waals surface area contributed by atoms with Crippen molar-refractivity contribution in [1.82, 2.24) is 0 Å². The van der Waals surface area contributed by atoms with E-state index >= 15 is 0 Å². The second-order valence-corrected chi connectivity index (χ2v) is 4.02. The summed E-state index contributed by atoms with van der Waals surface area (Å²) in [5.41, 5.74) is 0.676. The van der Waals surface area contributed by atoms with E-state index in [9.17, 15) is 0 Å². The Kier molecular flexibility index (Phi) is 6.51. The van der Waals surface area contributed by atoms with Crippen LogP contribution < -0.4 is 0 Å². The Labute approximate surface area is 78.8 Å². The van der Waals surface area contributed by atoms with Crippen LogP contribution >= 0.6 is 0 Å². The molecule has 0 aromatic carbocycles. The standard InChI is InChI=1S/C12H26/c1-5-9-10-11-12(6-2,7-3)8-4/h5-11H2,1-4H3. The highest BCUT2D eigenvalue weighted by atomic mass is 14.3. The van der Waals surface area contributed by atoms with Crippen molar-refractivity contribution in [2.24, 2.45) is 5.41 Å². The van der Waals surface area contributed by atoms with Crippen molar-refractivity contribution in [1.29, 1.82) is 0 Å². The van der Waals surface area contributed by atoms with Crippen LogP contribution in [0.25, 0.3) is 0 Å². The first-order valence-corrected chi connectivity index (χ1v) is 5.74. The predicted octanol–water partition coefficient (Wildman–Crippen LogP) is 4.78. The lowest BCUT2D eigenvalue weighted by atomic mass is 9.76. The third kappa shape index (κ3) is 3.60. The van der Waals surface area contributed by atoms with Crippen molar-refractivity contribution < 1.29 is 0 Å². The van der Waals surface area contributed by atoms with Crippen LogP contribution in [0.15, 0.2) is 0 Å². The van der Waals surface area contributed by atoms with Gasteiger partial charge in [-0.2, -0.15) is 0 Å². The lowest BCUT2D eigenvalue weighted by Crippen LogP contribution is -2.17. The Morgan fingerprint density at radius 2 is 1.25 bits per heavy atom. The zero-order chi connectivity index (χ0) is 9.45. The van der Waals surface area contributed by atoms with Gasteiger partial charge in [-0.1, -0.05) is 66.2 Å². The molecule has 0 bridgehead atoms. The Hall–Kier alpha value is 0. The van der Waals surface area contributed by atoms with Gasteiger partial charge in [0.1, 0.15) is 0 Å². The van der Waals surface area contributed by atoms with Gasteiger partial charge in [-0.25, -0.2) is 0 Å². The summed E-state index contributed by atoms with van der Waals surface area (Å²) >= 11 is 0. The molecule has 0 fully saturated rings. The van der Waals surface area contributed by atoms with Crippen molar-refractivity contribution in [3.05, 3.63) is 0 Å². The lowest BCUT2D eigenvalue weighted by Gasteiger charge is -2.30. The molecule has 0 atom stereocenters. The van der Waals surface area contributed by atoms with Crippen molar-refractivity contribution in [3.8, 4) is 0 Å². The minimum Gasteiger partial charge on any atom is -0.0654 e. The van der Waals surface area contributed by atoms with Crippen LogP contribution in [0.3, 0.4) is 0 Å². The summed E-state index contributed by atoms with van der Waals surface area (Å²) in [6, 6.07) is 0. The van der Waals surface area contributed by atoms with E-state index in [4.69, 9.17) is 0 Å². The van der Waals surface area contributed by atoms with Gasteiger partial charge in [0.05, 0.1) is 0 Å². The largest absolute Gasteiger partial charge is 0.0654 e. The van der Waals surface area contributed by atoms with Crippen LogP contribution in [0.2, 0.25) is 0 Å². The summed E-state index contributed by atoms with van der Waals surface area (Å²) in [6.07, 6.45) is 9.75. The van der Waals surface area contributed by atoms with E-state index < -0.39 is 0 Å². The number of hydrogen-bond donors (Lipinski definition) is 0. The van der Waals surface area contributed by atoms with E-state index in [1.807, 2.05) is 0 Å². The van der Waals surface area contributed by atoms with Crippen LogP contribution in [0.5, 0.6) is 0 Å². The molecule has 0 aromatic heterocycles. The molecule has 0 aliphatic carbocycles. The van der Waals surface area contributed by atoms with Crippen molar-refractivity contribution >= 4 is 0 Å². The normalized spacial score (nSPS) is 12.0. The van der Waals surface area contributed by atoms with Gasteiger partial charge in [-0.3, -0.25) is 0 Å². The molecule has 0 nitrogen and oxygen atoms in total. The molecule has 0 spiro atoms. The van der Waals surface area contributed by atoms with Gasteiger partial charge in [-0.15, -0.1) is 0 Å². The minimum atomic E-state index is 0.676. The summed E-state index contributed by atoms with van der Waals surface area (Å²) in [6.45, 7) is 9.32. The maximum Gasteiger partial charge on any atom is -0.0305 e. The Morgan fingerprint density at radius 3 is 1.58 bits per heavy atom. The Morgan fingerprint density at radius 1 is 0.750 bits per heavy atom. The zero-order valence-electron chi connectivity index (χ0n) is 9.45. The molecular weight excluding hydrogens is 144 g/mol. The molecule has 0 aliphatic rings. The van der Waals surface area contributed by atoms with Gasteiger partial charge in [0.2, 0.25) is 0 Å². The molecule has 0 amide bonds. The maximum absolute atomic E-state index is 2.35. The molecule has 0 rings (SSSR count). The second kappa shape index (κ2) is 6.51. The highest BCUT2D eigenvalue weighted by Crippen LogP contribution is 2.35. The molecule has 0 aromatic rings. The van der Waals surface area contributed by atoms with Crippen LogP contribution in [0.1, 0.15) is 72.6 Å². The first kappa shape index (κ1) is 12.0. The summed E-state index contributed by atoms with van der Waals surface area (Å²) in [5.74, 6) is 0. The van der Waals surface area contributed by atoms with Crippen LogP contribution in [-0.4, -0.2) is 0 Å². The van der Waals surface area contributed by atoms with E-state index in [0.717, 1.165) is 0 Å². The number of rotatable bonds is 7. The number of unbranched alkanes of at least 4 members (excludes halogenated alkanes) is 2. The summed E-state index contributed by atoms with van der Waals surface area (Å²) < 4.78 is 0. The summed E-state index contributed by atoms with van der Waals surface area (Å²) in [4.78, 5) is 0. The van der Waals surface area contributed by atoms with Crippen molar-refractivity contribution in [2.45, 2.75) is 72.6 Å². The lowest BCUT2D eigenvalue weighted by molar-refractivity contribution is 0.220. The third-order valence-electron chi connectivity index (χ3n) is 3.56. The highest BCUT2D eigenvalue weighted by molar-refractivity contribution is 4.74. The van der Waals surface area contributed by atoms with Crippen LogP contribution in [-0.2, 0) is 0 Å². The zero-order valence-corrected chi connectivity index (χ0v) is 9.45. The van der Waals surface area contributed by atoms with Gasteiger partial charge < -0.3 is 0 Å². The topological polar surface area (TPSA) is 0 Å². The molecular formula is C12H26. The third-order valence-corrected chi connectivity index (χ3v) is 3.56. The molecule has 12 heavy (non-hydrogen) atoms. The van der Waals surface area contributed by atoms with E-state index in [1.54, 1.807) is 0 Å². The van der Waals surface area contributed by atoms with E-state index in [1.165, 1.54) is 44.9 Å². The highest BCUT2D eigenvalue weighted by Gasteiger charge is 2.22. The van der Waals surface area contributed by atoms with Crippen LogP contribution in [0, 0.1) is 5.41 Å². The first-order chi connectivity index (χ1) is 5.74. The Balaban J connectivity index is 3.76. The Bertz CT molecular complexity index is 81.9. The summed E-state index contributed by atoms with van der Waals surface area (Å²) in [5, 5.41) is 0. The molecule has 0 radical (unpaired) electrons. The SMILES string of the molecule is CCCCCC(CC)(CC)CC. The average molecular weight is 170 g/mol. The number of hydrogen-bond acceptors (Lipinski definition) is 0. The fourth-order valence-electron chi connectivity index (χ4n) is 2.03. The van der Waals surface area contributed by atoms with Crippen molar-refractivity contribution in [3.63, 3.8) is 0 Å². The van der Waals surface area contributed by atoms with Crippen molar-refractivity contribution in [2.75, 3.05) is 0 Å². The minimum absolute atomic E-state index is 0.676. The fraction of sp³-hybridized carbons (Fsp3) is 1.00. The molecule has 0 heterocycles. The molecule has 74 valence electrons. The molecule has 0 saturated carbocycles. The predicted molar refractivity (Wildman–Crippen MR) is 57.4 cm³/mol. The van der Waals surface area contributed by atoms with Crippen LogP contribution in [0.4, 0.5) is 0 Å². The first-order valence-electron chi connectivity index (χ1n) is 5.74. The van der Waals surface area contributed by atoms with Gasteiger partial charge >= 0.3 is 0 Å². The monoisotopic (exact) mass is 170 g/mol. The molecule has 0 unspecified atom stereocenters. The second-order valence-electron chi connectivity index (χ2n) is 4.02. The molecule has 0 saturated heterocycles. The average Bonchev–Trinajstić information content (AvgIpc) is 2.14. The maximum atomic E-state index is 2.35. The van der Waals surface area contributed by atoms with Gasteiger partial charge in [-0.05, 0) is 11.8 Å².